The molecule has 0 spiro atoms. The van der Waals surface area contributed by atoms with Gasteiger partial charge in [-0.1, -0.05) is 157 Å². The third-order valence-electron chi connectivity index (χ3n) is 9.09. The molecule has 3 N–H and O–H groups in total. The Morgan fingerprint density at radius 3 is 1.49 bits per heavy atom. The van der Waals surface area contributed by atoms with Crippen molar-refractivity contribution >= 4 is 19.7 Å². The smallest absolute Gasteiger partial charge is 0.463 e. The molecule has 2 unspecified atom stereocenters. The van der Waals surface area contributed by atoms with Crippen molar-refractivity contribution in [1.82, 2.24) is 5.32 Å². The summed E-state index contributed by atoms with van der Waals surface area (Å²) in [5.74, 6) is -0.547. The van der Waals surface area contributed by atoms with Crippen molar-refractivity contribution in [3.05, 3.63) is 72.9 Å². The Kier molecular flexibility index (Phi) is 41.1. The fourth-order valence-corrected chi connectivity index (χ4v) is 6.45. The minimum absolute atomic E-state index is 0.0698. The molecule has 0 rings (SSSR count). The summed E-state index contributed by atoms with van der Waals surface area (Å²) in [6, 6.07) is 0. The molecule has 2 atom stereocenters. The highest BCUT2D eigenvalue weighted by molar-refractivity contribution is 7.47. The molecule has 9 nitrogen and oxygen atoms in total. The molecule has 0 aliphatic carbocycles. The first-order valence-electron chi connectivity index (χ1n) is 22.4. The van der Waals surface area contributed by atoms with E-state index in [9.17, 15) is 24.2 Å². The van der Waals surface area contributed by atoms with Gasteiger partial charge in [-0.2, -0.15) is 0 Å². The molecule has 10 heteroatoms. The highest BCUT2D eigenvalue weighted by Crippen LogP contribution is 2.42. The molecule has 0 heterocycles. The van der Waals surface area contributed by atoms with Crippen LogP contribution < -0.4 is 5.32 Å². The predicted octanol–water partition coefficient (Wildman–Crippen LogP) is 12.7. The standard InChI is InChI=1S/C47H82NO8P/c1-3-5-7-9-11-13-15-17-18-19-20-21-22-23-24-25-26-28-29-31-33-35-37-39-46(50)48-41-42-55-57(52,53)56-44-45(49)43-54-47(51)40-38-36-34-32-30-27-16-14-12-10-8-6-4-2/h8,10-11,13-14,16-18,20-21,23-24,45,49H,3-7,9,12,15,19,22,25-44H2,1-2H3,(H,48,50)(H,52,53)/b10-8-,13-11-,16-14-,18-17-,21-20-,24-23-. The summed E-state index contributed by atoms with van der Waals surface area (Å²) in [6.45, 7) is 3.42. The topological polar surface area (TPSA) is 131 Å². The third kappa shape index (κ3) is 44.4. The van der Waals surface area contributed by atoms with Crippen LogP contribution in [0.1, 0.15) is 181 Å². The third-order valence-corrected chi connectivity index (χ3v) is 10.1. The minimum Gasteiger partial charge on any atom is -0.463 e. The molecule has 0 saturated heterocycles. The number of rotatable bonds is 41. The van der Waals surface area contributed by atoms with E-state index >= 15 is 0 Å². The number of phosphoric acid groups is 1. The quantitative estimate of drug-likeness (QED) is 0.0240. The predicted molar refractivity (Wildman–Crippen MR) is 238 cm³/mol. The van der Waals surface area contributed by atoms with E-state index in [2.05, 4.69) is 92.1 Å². The summed E-state index contributed by atoms with van der Waals surface area (Å²) < 4.78 is 26.9. The number of aliphatic hydroxyl groups excluding tert-OH is 1. The summed E-state index contributed by atoms with van der Waals surface area (Å²) in [4.78, 5) is 33.9. The van der Waals surface area contributed by atoms with Gasteiger partial charge in [-0.25, -0.2) is 4.57 Å². The van der Waals surface area contributed by atoms with Crippen LogP contribution in [0.25, 0.3) is 0 Å². The van der Waals surface area contributed by atoms with E-state index in [-0.39, 0.29) is 32.1 Å². The van der Waals surface area contributed by atoms with E-state index in [1.807, 2.05) is 0 Å². The van der Waals surface area contributed by atoms with E-state index in [0.29, 0.717) is 12.8 Å². The summed E-state index contributed by atoms with van der Waals surface area (Å²) in [5.41, 5.74) is 0. The number of phosphoric ester groups is 1. The van der Waals surface area contributed by atoms with Crippen molar-refractivity contribution in [2.45, 2.75) is 187 Å². The first-order chi connectivity index (χ1) is 27.8. The molecule has 0 radical (unpaired) electrons. The Bertz CT molecular complexity index is 1160. The lowest BCUT2D eigenvalue weighted by molar-refractivity contribution is -0.147. The highest BCUT2D eigenvalue weighted by Gasteiger charge is 2.23. The van der Waals surface area contributed by atoms with Crippen LogP contribution >= 0.6 is 7.82 Å². The Labute approximate surface area is 348 Å². The first-order valence-corrected chi connectivity index (χ1v) is 23.9. The van der Waals surface area contributed by atoms with Gasteiger partial charge in [0.15, 0.2) is 0 Å². The van der Waals surface area contributed by atoms with Gasteiger partial charge in [0.05, 0.1) is 13.2 Å². The molecule has 0 saturated carbocycles. The second kappa shape index (κ2) is 43.0. The number of nitrogens with one attached hydrogen (secondary N) is 1. The molecule has 57 heavy (non-hydrogen) atoms. The largest absolute Gasteiger partial charge is 0.472 e. The normalized spacial score (nSPS) is 14.0. The van der Waals surface area contributed by atoms with Gasteiger partial charge in [-0.15, -0.1) is 0 Å². The number of unbranched alkanes of at least 4 members (excludes halogenated alkanes) is 16. The van der Waals surface area contributed by atoms with Crippen molar-refractivity contribution in [2.24, 2.45) is 0 Å². The van der Waals surface area contributed by atoms with Crippen LogP contribution in [-0.2, 0) is 27.9 Å². The molecular formula is C47H82NO8P. The molecule has 1 amide bonds. The maximum atomic E-state index is 12.1. The number of ether oxygens (including phenoxy) is 1. The average Bonchev–Trinajstić information content (AvgIpc) is 3.20. The van der Waals surface area contributed by atoms with Crippen LogP contribution in [0.2, 0.25) is 0 Å². The molecule has 0 aliphatic heterocycles. The lowest BCUT2D eigenvalue weighted by Crippen LogP contribution is -2.27. The van der Waals surface area contributed by atoms with E-state index < -0.39 is 26.5 Å². The summed E-state index contributed by atoms with van der Waals surface area (Å²) in [7, 11) is -4.43. The van der Waals surface area contributed by atoms with Gasteiger partial charge in [-0.3, -0.25) is 18.6 Å². The van der Waals surface area contributed by atoms with E-state index in [0.717, 1.165) is 89.9 Å². The molecular weight excluding hydrogens is 737 g/mol. The first kappa shape index (κ1) is 54.5. The van der Waals surface area contributed by atoms with Crippen molar-refractivity contribution in [3.63, 3.8) is 0 Å². The van der Waals surface area contributed by atoms with E-state index in [1.165, 1.54) is 57.8 Å². The number of amides is 1. The lowest BCUT2D eigenvalue weighted by atomic mass is 10.1. The zero-order chi connectivity index (χ0) is 41.8. The van der Waals surface area contributed by atoms with Gasteiger partial charge < -0.3 is 20.1 Å². The van der Waals surface area contributed by atoms with Gasteiger partial charge in [0.25, 0.3) is 0 Å². The van der Waals surface area contributed by atoms with Gasteiger partial charge in [0, 0.05) is 19.4 Å². The lowest BCUT2D eigenvalue weighted by Gasteiger charge is -2.15. The molecule has 0 bridgehead atoms. The number of esters is 1. The van der Waals surface area contributed by atoms with Crippen LogP contribution in [-0.4, -0.2) is 54.3 Å². The van der Waals surface area contributed by atoms with Crippen LogP contribution in [0.4, 0.5) is 0 Å². The summed E-state index contributed by atoms with van der Waals surface area (Å²) in [5, 5.41) is 12.7. The minimum atomic E-state index is -4.43. The Hall–Kier alpha value is -2.55. The summed E-state index contributed by atoms with van der Waals surface area (Å²) >= 11 is 0. The van der Waals surface area contributed by atoms with Crippen molar-refractivity contribution < 1.29 is 37.9 Å². The van der Waals surface area contributed by atoms with Crippen molar-refractivity contribution in [3.8, 4) is 0 Å². The number of aliphatic hydroxyl groups is 1. The second-order valence-corrected chi connectivity index (χ2v) is 16.1. The fourth-order valence-electron chi connectivity index (χ4n) is 5.69. The molecule has 0 fully saturated rings. The number of hydrogen-bond donors (Lipinski definition) is 3. The zero-order valence-corrected chi connectivity index (χ0v) is 36.9. The Balaban J connectivity index is 3.64. The second-order valence-electron chi connectivity index (χ2n) is 14.7. The molecule has 328 valence electrons. The van der Waals surface area contributed by atoms with E-state index in [1.54, 1.807) is 0 Å². The van der Waals surface area contributed by atoms with Crippen molar-refractivity contribution in [2.75, 3.05) is 26.4 Å². The average molecular weight is 820 g/mol. The van der Waals surface area contributed by atoms with Gasteiger partial charge in [0.1, 0.15) is 12.7 Å². The number of allylic oxidation sites excluding steroid dienone is 12. The van der Waals surface area contributed by atoms with Crippen LogP contribution in [0.3, 0.4) is 0 Å². The maximum absolute atomic E-state index is 12.1. The number of hydrogen-bond acceptors (Lipinski definition) is 7. The maximum Gasteiger partial charge on any atom is 0.472 e. The zero-order valence-electron chi connectivity index (χ0n) is 36.0. The Morgan fingerprint density at radius 2 is 0.982 bits per heavy atom. The fraction of sp³-hybridized carbons (Fsp3) is 0.702. The molecule has 0 aliphatic rings. The Morgan fingerprint density at radius 1 is 0.544 bits per heavy atom. The number of carbonyl (C=O) groups excluding carboxylic acids is 2. The highest BCUT2D eigenvalue weighted by atomic mass is 31.2. The van der Waals surface area contributed by atoms with Gasteiger partial charge in [0.2, 0.25) is 5.91 Å². The summed E-state index contributed by atoms with van der Waals surface area (Å²) in [6.07, 6.45) is 52.6. The van der Waals surface area contributed by atoms with Crippen LogP contribution in [0.5, 0.6) is 0 Å². The monoisotopic (exact) mass is 820 g/mol. The van der Waals surface area contributed by atoms with E-state index in [4.69, 9.17) is 13.8 Å². The van der Waals surface area contributed by atoms with Gasteiger partial charge in [-0.05, 0) is 83.5 Å². The number of carbonyl (C=O) groups is 2. The molecule has 0 aromatic carbocycles. The molecule has 0 aromatic heterocycles. The van der Waals surface area contributed by atoms with Crippen LogP contribution in [0, 0.1) is 0 Å². The van der Waals surface area contributed by atoms with Crippen LogP contribution in [0.15, 0.2) is 72.9 Å². The SMILES string of the molecule is CCC/C=C\C/C=C\CCCCCCCC(=O)OCC(O)COP(=O)(O)OCCNC(=O)CCCCCCCCC/C=C\C/C=C\C/C=C\C/C=C\CCCCC. The molecule has 0 aromatic rings. The van der Waals surface area contributed by atoms with Gasteiger partial charge >= 0.3 is 13.8 Å². The van der Waals surface area contributed by atoms with Crippen molar-refractivity contribution in [1.29, 1.82) is 0 Å².